The molecule has 0 spiro atoms. The minimum Gasteiger partial charge on any atom is -0.468 e. The zero-order valence-corrected chi connectivity index (χ0v) is 13.8. The van der Waals surface area contributed by atoms with Gasteiger partial charge in [0, 0.05) is 0 Å². The van der Waals surface area contributed by atoms with Crippen molar-refractivity contribution in [3.8, 4) is 0 Å². The summed E-state index contributed by atoms with van der Waals surface area (Å²) in [6.07, 6.45) is 2.77. The summed E-state index contributed by atoms with van der Waals surface area (Å²) in [4.78, 5) is 24.6. The lowest BCUT2D eigenvalue weighted by Gasteiger charge is -2.44. The van der Waals surface area contributed by atoms with Gasteiger partial charge in [-0.25, -0.2) is 0 Å². The predicted molar refractivity (Wildman–Crippen MR) is 86.5 cm³/mol. The van der Waals surface area contributed by atoms with Crippen molar-refractivity contribution >= 4 is 17.5 Å². The third kappa shape index (κ3) is 2.46. The number of rotatable bonds is 3. The Morgan fingerprint density at radius 1 is 1.09 bits per heavy atom. The predicted octanol–water partition coefficient (Wildman–Crippen LogP) is 3.28. The van der Waals surface area contributed by atoms with Crippen LogP contribution in [0.5, 0.6) is 0 Å². The van der Waals surface area contributed by atoms with Crippen LogP contribution in [-0.4, -0.2) is 26.2 Å². The molecule has 2 aliphatic rings. The van der Waals surface area contributed by atoms with Crippen LogP contribution in [0, 0.1) is 18.3 Å². The quantitative estimate of drug-likeness (QED) is 0.634. The minimum atomic E-state index is -1.17. The number of ether oxygens (including phenoxy) is 2. The number of fused-ring (bicyclic) bond motifs is 1. The Bertz CT molecular complexity index is 653. The zero-order chi connectivity index (χ0) is 16.6. The maximum absolute atomic E-state index is 12.3. The molecule has 0 saturated heterocycles. The number of hydrogen-bond donors (Lipinski definition) is 0. The molecule has 4 nitrogen and oxygen atoms in total. The number of hydrogen-bond acceptors (Lipinski definition) is 4. The van der Waals surface area contributed by atoms with Gasteiger partial charge in [0.15, 0.2) is 5.41 Å². The Kier molecular flexibility index (Phi) is 4.00. The van der Waals surface area contributed by atoms with Crippen molar-refractivity contribution < 1.29 is 19.1 Å². The normalized spacial score (nSPS) is 22.0. The van der Waals surface area contributed by atoms with Crippen LogP contribution in [0.25, 0.3) is 5.57 Å². The molecule has 0 amide bonds. The summed E-state index contributed by atoms with van der Waals surface area (Å²) in [5.74, 6) is -0.482. The fourth-order valence-electron chi connectivity index (χ4n) is 3.86. The summed E-state index contributed by atoms with van der Waals surface area (Å²) in [6, 6.07) is 8.40. The molecular weight excluding hydrogens is 292 g/mol. The number of methoxy groups -OCH3 is 2. The van der Waals surface area contributed by atoms with Gasteiger partial charge in [-0.2, -0.15) is 0 Å². The fourth-order valence-corrected chi connectivity index (χ4v) is 3.86. The first-order chi connectivity index (χ1) is 11.0. The Morgan fingerprint density at radius 3 is 2.26 bits per heavy atom. The van der Waals surface area contributed by atoms with E-state index in [4.69, 9.17) is 9.47 Å². The summed E-state index contributed by atoms with van der Waals surface area (Å²) >= 11 is 0. The number of benzene rings is 1. The molecule has 1 saturated carbocycles. The van der Waals surface area contributed by atoms with Crippen LogP contribution >= 0.6 is 0 Å². The topological polar surface area (TPSA) is 52.6 Å². The highest BCUT2D eigenvalue weighted by Crippen LogP contribution is 2.55. The van der Waals surface area contributed by atoms with E-state index in [1.807, 2.05) is 0 Å². The molecule has 3 rings (SSSR count). The van der Waals surface area contributed by atoms with E-state index < -0.39 is 17.4 Å². The molecule has 0 radical (unpaired) electrons. The smallest absolute Gasteiger partial charge is 0.323 e. The second kappa shape index (κ2) is 5.84. The molecule has 1 atom stereocenters. The summed E-state index contributed by atoms with van der Waals surface area (Å²) < 4.78 is 9.84. The first kappa shape index (κ1) is 15.8. The van der Waals surface area contributed by atoms with Crippen molar-refractivity contribution in [1.29, 1.82) is 0 Å². The summed E-state index contributed by atoms with van der Waals surface area (Å²) in [5, 5.41) is 0. The molecule has 0 aromatic heterocycles. The second-order valence-electron chi connectivity index (χ2n) is 6.55. The molecule has 4 heteroatoms. The maximum atomic E-state index is 12.3. The van der Waals surface area contributed by atoms with Gasteiger partial charge in [0.25, 0.3) is 0 Å². The van der Waals surface area contributed by atoms with E-state index >= 15 is 0 Å². The van der Waals surface area contributed by atoms with Gasteiger partial charge in [-0.05, 0) is 49.7 Å². The molecule has 2 aliphatic carbocycles. The average Bonchev–Trinajstić information content (AvgIpc) is 2.56. The number of carbonyl (C=O) groups excluding carboxylic acids is 2. The van der Waals surface area contributed by atoms with Crippen LogP contribution < -0.4 is 0 Å². The number of aryl methyl sites for hydroxylation is 1. The Labute approximate surface area is 136 Å². The average molecular weight is 314 g/mol. The molecule has 0 N–H and O–H groups in total. The first-order valence-corrected chi connectivity index (χ1v) is 7.97. The lowest BCUT2D eigenvalue weighted by molar-refractivity contribution is -0.171. The molecular formula is C19H22O4. The lowest BCUT2D eigenvalue weighted by atomic mass is 9.59. The van der Waals surface area contributed by atoms with Crippen LogP contribution in [0.4, 0.5) is 0 Å². The van der Waals surface area contributed by atoms with Crippen molar-refractivity contribution in [3.05, 3.63) is 41.0 Å². The zero-order valence-electron chi connectivity index (χ0n) is 13.8. The van der Waals surface area contributed by atoms with Crippen LogP contribution in [0.2, 0.25) is 0 Å². The van der Waals surface area contributed by atoms with Gasteiger partial charge in [0.2, 0.25) is 0 Å². The van der Waals surface area contributed by atoms with Gasteiger partial charge in [-0.1, -0.05) is 35.4 Å². The highest BCUT2D eigenvalue weighted by atomic mass is 16.5. The Morgan fingerprint density at radius 2 is 1.70 bits per heavy atom. The molecule has 0 aliphatic heterocycles. The van der Waals surface area contributed by atoms with Crippen molar-refractivity contribution in [2.45, 2.75) is 32.6 Å². The molecule has 1 aromatic rings. The van der Waals surface area contributed by atoms with Crippen molar-refractivity contribution in [3.63, 3.8) is 0 Å². The van der Waals surface area contributed by atoms with E-state index in [1.54, 1.807) is 0 Å². The van der Waals surface area contributed by atoms with E-state index in [0.717, 1.165) is 12.8 Å². The van der Waals surface area contributed by atoms with E-state index in [9.17, 15) is 9.59 Å². The lowest BCUT2D eigenvalue weighted by Crippen LogP contribution is -2.46. The minimum absolute atomic E-state index is 0.417. The largest absolute Gasteiger partial charge is 0.468 e. The van der Waals surface area contributed by atoms with Crippen molar-refractivity contribution in [2.75, 3.05) is 14.2 Å². The molecule has 0 bridgehead atoms. The van der Waals surface area contributed by atoms with Gasteiger partial charge >= 0.3 is 11.9 Å². The number of carbonyl (C=O) groups is 2. The van der Waals surface area contributed by atoms with Crippen molar-refractivity contribution in [1.82, 2.24) is 0 Å². The van der Waals surface area contributed by atoms with Gasteiger partial charge in [0.1, 0.15) is 0 Å². The molecule has 1 fully saturated rings. The van der Waals surface area contributed by atoms with Gasteiger partial charge in [-0.15, -0.1) is 0 Å². The fraction of sp³-hybridized carbons (Fsp3) is 0.474. The second-order valence-corrected chi connectivity index (χ2v) is 6.55. The van der Waals surface area contributed by atoms with E-state index in [-0.39, 0.29) is 0 Å². The molecule has 122 valence electrons. The van der Waals surface area contributed by atoms with Crippen LogP contribution in [0.1, 0.15) is 36.8 Å². The van der Waals surface area contributed by atoms with Gasteiger partial charge in [0.05, 0.1) is 14.2 Å². The molecule has 1 aromatic carbocycles. The van der Waals surface area contributed by atoms with Gasteiger partial charge < -0.3 is 9.47 Å². The Hall–Kier alpha value is -2.10. The SMILES string of the molecule is COC(=O)C1(C(=O)OC)CCC2CC(c3ccc(C)cc3)=C2C1. The van der Waals surface area contributed by atoms with E-state index in [0.29, 0.717) is 18.8 Å². The summed E-state index contributed by atoms with van der Waals surface area (Å²) in [7, 11) is 2.66. The molecule has 0 heterocycles. The van der Waals surface area contributed by atoms with Crippen LogP contribution in [0.3, 0.4) is 0 Å². The summed E-state index contributed by atoms with van der Waals surface area (Å²) in [5.41, 5.74) is 3.72. The van der Waals surface area contributed by atoms with E-state index in [2.05, 4.69) is 31.2 Å². The van der Waals surface area contributed by atoms with Crippen molar-refractivity contribution in [2.24, 2.45) is 11.3 Å². The van der Waals surface area contributed by atoms with E-state index in [1.165, 1.54) is 36.5 Å². The third-order valence-electron chi connectivity index (χ3n) is 5.30. The summed E-state index contributed by atoms with van der Waals surface area (Å²) in [6.45, 7) is 2.06. The van der Waals surface area contributed by atoms with Gasteiger partial charge in [-0.3, -0.25) is 9.59 Å². The monoisotopic (exact) mass is 314 g/mol. The highest BCUT2D eigenvalue weighted by Gasteiger charge is 2.54. The third-order valence-corrected chi connectivity index (χ3v) is 5.30. The Balaban J connectivity index is 1.97. The maximum Gasteiger partial charge on any atom is 0.323 e. The highest BCUT2D eigenvalue weighted by molar-refractivity contribution is 6.01. The standard InChI is InChI=1S/C19H22O4/c1-12-4-6-13(7-5-12)15-10-14-8-9-19(11-16(14)15,17(20)22-2)18(21)23-3/h4-7,14H,8-11H2,1-3H3. The molecule has 23 heavy (non-hydrogen) atoms. The number of esters is 2. The first-order valence-electron chi connectivity index (χ1n) is 7.97. The van der Waals surface area contributed by atoms with Crippen LogP contribution in [-0.2, 0) is 19.1 Å². The molecule has 1 unspecified atom stereocenters. The number of allylic oxidation sites excluding steroid dienone is 2. The van der Waals surface area contributed by atoms with Crippen LogP contribution in [0.15, 0.2) is 29.8 Å².